The van der Waals surface area contributed by atoms with Gasteiger partial charge in [-0.3, -0.25) is 4.68 Å². The molecule has 3 heterocycles. The normalized spacial score (nSPS) is 11.1. The van der Waals surface area contributed by atoms with E-state index in [2.05, 4.69) is 17.0 Å². The number of hydrogen-bond acceptors (Lipinski definition) is 2. The smallest absolute Gasteiger partial charge is 0.137 e. The molecule has 0 spiro atoms. The molecule has 0 aromatic carbocycles. The molecule has 80 valence electrons. The molecule has 0 fully saturated rings. The first kappa shape index (κ1) is 9.15. The second-order valence-corrected chi connectivity index (χ2v) is 3.68. The van der Waals surface area contributed by atoms with Crippen LogP contribution in [0.4, 0.5) is 0 Å². The number of nitrogens with zero attached hydrogens (tertiary/aromatic N) is 4. The molecule has 0 aliphatic carbocycles. The molecule has 0 amide bonds. The van der Waals surface area contributed by atoms with E-state index in [1.54, 1.807) is 0 Å². The van der Waals surface area contributed by atoms with Gasteiger partial charge in [0, 0.05) is 30.7 Å². The molecule has 0 aliphatic rings. The minimum Gasteiger partial charge on any atom is -0.306 e. The molecule has 0 saturated carbocycles. The fraction of sp³-hybridized carbons (Fsp3) is 0.167. The zero-order valence-electron chi connectivity index (χ0n) is 9.04. The zero-order chi connectivity index (χ0) is 11.0. The minimum atomic E-state index is 0.882. The third-order valence-electron chi connectivity index (χ3n) is 2.62. The van der Waals surface area contributed by atoms with E-state index in [0.717, 1.165) is 23.4 Å². The van der Waals surface area contributed by atoms with Crippen LogP contribution in [0.25, 0.3) is 16.9 Å². The van der Waals surface area contributed by atoms with Crippen LogP contribution in [0.2, 0.25) is 0 Å². The number of hydrogen-bond donors (Lipinski definition) is 0. The van der Waals surface area contributed by atoms with Gasteiger partial charge in [-0.1, -0.05) is 6.07 Å². The Morgan fingerprint density at radius 1 is 1.25 bits per heavy atom. The molecule has 3 aromatic rings. The number of imidazole rings is 1. The van der Waals surface area contributed by atoms with Gasteiger partial charge in [-0.15, -0.1) is 0 Å². The second kappa shape index (κ2) is 3.48. The van der Waals surface area contributed by atoms with Gasteiger partial charge in [-0.2, -0.15) is 5.10 Å². The molecular weight excluding hydrogens is 200 g/mol. The Morgan fingerprint density at radius 2 is 2.19 bits per heavy atom. The predicted octanol–water partition coefficient (Wildman–Crippen LogP) is 2.22. The quantitative estimate of drug-likeness (QED) is 0.653. The largest absolute Gasteiger partial charge is 0.306 e. The lowest BCUT2D eigenvalue weighted by Crippen LogP contribution is -1.91. The summed E-state index contributed by atoms with van der Waals surface area (Å²) >= 11 is 0. The first-order valence-corrected chi connectivity index (χ1v) is 5.33. The van der Waals surface area contributed by atoms with E-state index in [-0.39, 0.29) is 0 Å². The summed E-state index contributed by atoms with van der Waals surface area (Å²) in [6.07, 6.45) is 7.88. The van der Waals surface area contributed by atoms with Crippen LogP contribution < -0.4 is 0 Å². The molecule has 0 saturated heterocycles. The highest BCUT2D eigenvalue weighted by atomic mass is 15.3. The lowest BCUT2D eigenvalue weighted by Gasteiger charge is -1.90. The fourth-order valence-corrected chi connectivity index (χ4v) is 1.74. The van der Waals surface area contributed by atoms with Gasteiger partial charge >= 0.3 is 0 Å². The van der Waals surface area contributed by atoms with Gasteiger partial charge in [0.25, 0.3) is 0 Å². The van der Waals surface area contributed by atoms with Gasteiger partial charge in [0.2, 0.25) is 0 Å². The van der Waals surface area contributed by atoms with E-state index in [1.165, 1.54) is 0 Å². The minimum absolute atomic E-state index is 0.882. The van der Waals surface area contributed by atoms with Crippen LogP contribution in [0.1, 0.15) is 6.92 Å². The first-order chi connectivity index (χ1) is 7.86. The lowest BCUT2D eigenvalue weighted by atomic mass is 10.3. The van der Waals surface area contributed by atoms with Gasteiger partial charge in [0.1, 0.15) is 5.65 Å². The first-order valence-electron chi connectivity index (χ1n) is 5.33. The Morgan fingerprint density at radius 3 is 2.94 bits per heavy atom. The van der Waals surface area contributed by atoms with Crippen LogP contribution in [-0.2, 0) is 6.54 Å². The van der Waals surface area contributed by atoms with Crippen molar-refractivity contribution in [1.29, 1.82) is 0 Å². The molecule has 0 bridgehead atoms. The number of fused-ring (bicyclic) bond motifs is 1. The molecule has 0 radical (unpaired) electrons. The lowest BCUT2D eigenvalue weighted by molar-refractivity contribution is 0.660. The molecule has 4 nitrogen and oxygen atoms in total. The van der Waals surface area contributed by atoms with Crippen molar-refractivity contribution in [1.82, 2.24) is 19.2 Å². The number of pyridine rings is 1. The Bertz CT molecular complexity index is 588. The molecular formula is C12H12N4. The fourth-order valence-electron chi connectivity index (χ4n) is 1.74. The Labute approximate surface area is 93.2 Å². The van der Waals surface area contributed by atoms with Gasteiger partial charge < -0.3 is 4.40 Å². The molecule has 3 rings (SSSR count). The predicted molar refractivity (Wildman–Crippen MR) is 62.1 cm³/mol. The number of aromatic nitrogens is 4. The van der Waals surface area contributed by atoms with Gasteiger partial charge in [0.05, 0.1) is 11.9 Å². The van der Waals surface area contributed by atoms with E-state index in [0.29, 0.717) is 0 Å². The number of aryl methyl sites for hydroxylation is 1. The van der Waals surface area contributed by atoms with Crippen LogP contribution >= 0.6 is 0 Å². The summed E-state index contributed by atoms with van der Waals surface area (Å²) in [5, 5.41) is 4.25. The van der Waals surface area contributed by atoms with Gasteiger partial charge in [0.15, 0.2) is 0 Å². The van der Waals surface area contributed by atoms with Crippen molar-refractivity contribution < 1.29 is 0 Å². The van der Waals surface area contributed by atoms with E-state index in [4.69, 9.17) is 0 Å². The third-order valence-corrected chi connectivity index (χ3v) is 2.62. The average Bonchev–Trinajstić information content (AvgIpc) is 2.95. The van der Waals surface area contributed by atoms with Crippen molar-refractivity contribution >= 4 is 5.65 Å². The van der Waals surface area contributed by atoms with Crippen LogP contribution in [0.3, 0.4) is 0 Å². The highest BCUT2D eigenvalue weighted by Gasteiger charge is 2.05. The highest BCUT2D eigenvalue weighted by Crippen LogP contribution is 2.17. The van der Waals surface area contributed by atoms with Crippen LogP contribution in [0.15, 0.2) is 43.0 Å². The molecule has 3 aromatic heterocycles. The van der Waals surface area contributed by atoms with E-state index in [1.807, 2.05) is 52.1 Å². The van der Waals surface area contributed by atoms with Crippen molar-refractivity contribution in [2.75, 3.05) is 0 Å². The van der Waals surface area contributed by atoms with E-state index >= 15 is 0 Å². The number of rotatable bonds is 2. The second-order valence-electron chi connectivity index (χ2n) is 3.68. The third kappa shape index (κ3) is 1.39. The highest BCUT2D eigenvalue weighted by molar-refractivity contribution is 5.60. The molecule has 16 heavy (non-hydrogen) atoms. The maximum atomic E-state index is 4.54. The van der Waals surface area contributed by atoms with Crippen molar-refractivity contribution in [3.63, 3.8) is 0 Å². The summed E-state index contributed by atoms with van der Waals surface area (Å²) in [6.45, 7) is 2.95. The van der Waals surface area contributed by atoms with Crippen molar-refractivity contribution in [2.45, 2.75) is 13.5 Å². The van der Waals surface area contributed by atoms with Crippen LogP contribution in [0.5, 0.6) is 0 Å². The van der Waals surface area contributed by atoms with Gasteiger partial charge in [-0.25, -0.2) is 4.98 Å². The van der Waals surface area contributed by atoms with Crippen LogP contribution in [-0.4, -0.2) is 19.2 Å². The standard InChI is InChI=1S/C12H12N4/c1-2-16-8-10(7-13-16)11-9-15-6-4-3-5-12(15)14-11/h3-9H,2H2,1H3. The zero-order valence-corrected chi connectivity index (χ0v) is 9.04. The summed E-state index contributed by atoms with van der Waals surface area (Å²) in [5.41, 5.74) is 2.98. The SMILES string of the molecule is CCn1cc(-c2cn3ccccc3n2)cn1. The topological polar surface area (TPSA) is 35.1 Å². The van der Waals surface area contributed by atoms with Crippen LogP contribution in [0, 0.1) is 0 Å². The Hall–Kier alpha value is -2.10. The summed E-state index contributed by atoms with van der Waals surface area (Å²) in [6, 6.07) is 5.98. The van der Waals surface area contributed by atoms with E-state index in [9.17, 15) is 0 Å². The molecule has 0 unspecified atom stereocenters. The average molecular weight is 212 g/mol. The summed E-state index contributed by atoms with van der Waals surface area (Å²) in [7, 11) is 0. The monoisotopic (exact) mass is 212 g/mol. The maximum Gasteiger partial charge on any atom is 0.137 e. The van der Waals surface area contributed by atoms with E-state index < -0.39 is 0 Å². The van der Waals surface area contributed by atoms with Crippen molar-refractivity contribution in [2.24, 2.45) is 0 Å². The summed E-state index contributed by atoms with van der Waals surface area (Å²) in [5.74, 6) is 0. The molecule has 0 aliphatic heterocycles. The summed E-state index contributed by atoms with van der Waals surface area (Å²) in [4.78, 5) is 4.54. The molecule has 4 heteroatoms. The van der Waals surface area contributed by atoms with Gasteiger partial charge in [-0.05, 0) is 19.1 Å². The molecule has 0 atom stereocenters. The van der Waals surface area contributed by atoms with Crippen molar-refractivity contribution in [3.8, 4) is 11.3 Å². The maximum absolute atomic E-state index is 4.54. The Balaban J connectivity index is 2.11. The molecule has 0 N–H and O–H groups in total. The summed E-state index contributed by atoms with van der Waals surface area (Å²) < 4.78 is 3.91. The van der Waals surface area contributed by atoms with Crippen molar-refractivity contribution in [3.05, 3.63) is 43.0 Å². The Kier molecular flexibility index (Phi) is 1.99.